The lowest BCUT2D eigenvalue weighted by molar-refractivity contribution is -0.163. The first-order valence-electron chi connectivity index (χ1n) is 4.46. The fourth-order valence-electron chi connectivity index (χ4n) is 0.717. The van der Waals surface area contributed by atoms with Gasteiger partial charge in [0.15, 0.2) is 0 Å². The lowest BCUT2D eigenvalue weighted by Crippen LogP contribution is -2.41. The molecule has 0 aliphatic carbocycles. The van der Waals surface area contributed by atoms with Crippen molar-refractivity contribution in [2.75, 3.05) is 6.61 Å². The third-order valence-electron chi connectivity index (χ3n) is 1.70. The molecule has 0 aromatic carbocycles. The maximum atomic E-state index is 12.2. The van der Waals surface area contributed by atoms with Gasteiger partial charge in [0.05, 0.1) is 5.41 Å². The van der Waals surface area contributed by atoms with Crippen LogP contribution in [0.4, 0.5) is 13.2 Å². The summed E-state index contributed by atoms with van der Waals surface area (Å²) in [5, 5.41) is -3.12. The van der Waals surface area contributed by atoms with Crippen LogP contribution in [-0.4, -0.2) is 37.0 Å². The normalized spacial score (nSPS) is 15.5. The second-order valence-electron chi connectivity index (χ2n) is 4.39. The molecule has 0 aliphatic heterocycles. The summed E-state index contributed by atoms with van der Waals surface area (Å²) in [4.78, 5) is 11.2. The SMILES string of the molecule is CC(C)(C)C(=O)OCC(C(F)(F)F)S(=O)(=O)O. The molecule has 0 aromatic rings. The maximum absolute atomic E-state index is 12.2. The van der Waals surface area contributed by atoms with Gasteiger partial charge in [0.1, 0.15) is 6.61 Å². The zero-order chi connectivity index (χ0) is 14.1. The van der Waals surface area contributed by atoms with Crippen LogP contribution in [0.5, 0.6) is 0 Å². The quantitative estimate of drug-likeness (QED) is 0.623. The molecule has 102 valence electrons. The molecule has 17 heavy (non-hydrogen) atoms. The fraction of sp³-hybridized carbons (Fsp3) is 0.875. The molecular weight excluding hydrogens is 265 g/mol. The van der Waals surface area contributed by atoms with E-state index in [1.165, 1.54) is 20.8 Å². The third kappa shape index (κ3) is 5.35. The molecule has 5 nitrogen and oxygen atoms in total. The number of hydrogen-bond donors (Lipinski definition) is 1. The van der Waals surface area contributed by atoms with Crippen molar-refractivity contribution in [3.63, 3.8) is 0 Å². The van der Waals surface area contributed by atoms with E-state index in [1.54, 1.807) is 0 Å². The van der Waals surface area contributed by atoms with Crippen LogP contribution in [0.25, 0.3) is 0 Å². The van der Waals surface area contributed by atoms with Crippen LogP contribution in [0.3, 0.4) is 0 Å². The van der Waals surface area contributed by atoms with Crippen molar-refractivity contribution >= 4 is 16.1 Å². The molecule has 0 radical (unpaired) electrons. The molecule has 1 N–H and O–H groups in total. The largest absolute Gasteiger partial charge is 0.463 e. The van der Waals surface area contributed by atoms with E-state index in [0.29, 0.717) is 0 Å². The highest BCUT2D eigenvalue weighted by molar-refractivity contribution is 7.86. The Morgan fingerprint density at radius 3 is 1.94 bits per heavy atom. The highest BCUT2D eigenvalue weighted by Gasteiger charge is 2.49. The molecule has 0 amide bonds. The highest BCUT2D eigenvalue weighted by Crippen LogP contribution is 2.26. The van der Waals surface area contributed by atoms with Crippen LogP contribution in [0, 0.1) is 5.41 Å². The Hall–Kier alpha value is -0.830. The average Bonchev–Trinajstić information content (AvgIpc) is 1.96. The number of hydrogen-bond acceptors (Lipinski definition) is 4. The van der Waals surface area contributed by atoms with E-state index in [2.05, 4.69) is 4.74 Å². The Labute approximate surface area is 96.7 Å². The van der Waals surface area contributed by atoms with E-state index in [9.17, 15) is 26.4 Å². The molecule has 1 unspecified atom stereocenters. The van der Waals surface area contributed by atoms with Crippen LogP contribution in [0.1, 0.15) is 20.8 Å². The second kappa shape index (κ2) is 4.81. The number of alkyl halides is 3. The molecule has 0 aliphatic rings. The van der Waals surface area contributed by atoms with Gasteiger partial charge in [0.2, 0.25) is 5.25 Å². The van der Waals surface area contributed by atoms with E-state index in [0.717, 1.165) is 0 Å². The molecule has 0 aromatic heterocycles. The number of ether oxygens (including phenoxy) is 1. The number of rotatable bonds is 3. The van der Waals surface area contributed by atoms with Crippen molar-refractivity contribution < 1.29 is 35.7 Å². The summed E-state index contributed by atoms with van der Waals surface area (Å²) in [6, 6.07) is 0. The van der Waals surface area contributed by atoms with Gasteiger partial charge in [-0.3, -0.25) is 9.35 Å². The minimum absolute atomic E-state index is 0.990. The van der Waals surface area contributed by atoms with Crippen molar-refractivity contribution in [2.24, 2.45) is 5.41 Å². The second-order valence-corrected chi connectivity index (χ2v) is 5.99. The first-order chi connectivity index (χ1) is 7.26. The summed E-state index contributed by atoms with van der Waals surface area (Å²) in [6.45, 7) is 2.72. The van der Waals surface area contributed by atoms with Gasteiger partial charge >= 0.3 is 12.1 Å². The maximum Gasteiger partial charge on any atom is 0.411 e. The van der Waals surface area contributed by atoms with E-state index < -0.39 is 39.5 Å². The highest BCUT2D eigenvalue weighted by atomic mass is 32.2. The van der Waals surface area contributed by atoms with Gasteiger partial charge in [-0.15, -0.1) is 0 Å². The van der Waals surface area contributed by atoms with Crippen molar-refractivity contribution in [3.8, 4) is 0 Å². The molecule has 0 bridgehead atoms. The number of halogens is 3. The zero-order valence-corrected chi connectivity index (χ0v) is 10.2. The minimum atomic E-state index is -5.37. The molecular formula is C8H13F3O5S. The molecule has 0 fully saturated rings. The average molecular weight is 278 g/mol. The molecule has 0 spiro atoms. The predicted molar refractivity (Wildman–Crippen MR) is 51.8 cm³/mol. The van der Waals surface area contributed by atoms with Gasteiger partial charge in [-0.2, -0.15) is 21.6 Å². The van der Waals surface area contributed by atoms with Crippen LogP contribution in [0.2, 0.25) is 0 Å². The summed E-state index contributed by atoms with van der Waals surface area (Å²) in [5.41, 5.74) is -1.06. The fourth-order valence-corrected chi connectivity index (χ4v) is 1.29. The Bertz CT molecular complexity index is 379. The molecule has 1 atom stereocenters. The summed E-state index contributed by atoms with van der Waals surface area (Å²) in [6.07, 6.45) is -5.20. The van der Waals surface area contributed by atoms with Crippen LogP contribution < -0.4 is 0 Å². The number of esters is 1. The lowest BCUT2D eigenvalue weighted by Gasteiger charge is -2.21. The summed E-state index contributed by atoms with van der Waals surface area (Å²) < 4.78 is 70.3. The number of carbonyl (C=O) groups is 1. The third-order valence-corrected chi connectivity index (χ3v) is 2.83. The molecule has 0 heterocycles. The van der Waals surface area contributed by atoms with E-state index in [-0.39, 0.29) is 0 Å². The summed E-state index contributed by atoms with van der Waals surface area (Å²) in [7, 11) is -5.37. The van der Waals surface area contributed by atoms with Gasteiger partial charge in [0.25, 0.3) is 10.1 Å². The Morgan fingerprint density at radius 1 is 1.29 bits per heavy atom. The smallest absolute Gasteiger partial charge is 0.411 e. The van der Waals surface area contributed by atoms with Crippen molar-refractivity contribution in [1.29, 1.82) is 0 Å². The first-order valence-corrected chi connectivity index (χ1v) is 5.97. The summed E-state index contributed by atoms with van der Waals surface area (Å²) in [5.74, 6) is -0.990. The number of carbonyl (C=O) groups excluding carboxylic acids is 1. The van der Waals surface area contributed by atoms with Crippen molar-refractivity contribution in [2.45, 2.75) is 32.2 Å². The summed E-state index contributed by atoms with van der Waals surface area (Å²) >= 11 is 0. The first kappa shape index (κ1) is 16.2. The van der Waals surface area contributed by atoms with Gasteiger partial charge < -0.3 is 4.74 Å². The van der Waals surface area contributed by atoms with E-state index in [1.807, 2.05) is 0 Å². The van der Waals surface area contributed by atoms with E-state index >= 15 is 0 Å². The van der Waals surface area contributed by atoms with Gasteiger partial charge in [-0.25, -0.2) is 0 Å². The minimum Gasteiger partial charge on any atom is -0.463 e. The Morgan fingerprint density at radius 2 is 1.71 bits per heavy atom. The van der Waals surface area contributed by atoms with Gasteiger partial charge in [-0.1, -0.05) is 0 Å². The molecule has 9 heteroatoms. The Kier molecular flexibility index (Phi) is 4.57. The monoisotopic (exact) mass is 278 g/mol. The predicted octanol–water partition coefficient (Wildman–Crippen LogP) is 1.39. The van der Waals surface area contributed by atoms with E-state index in [4.69, 9.17) is 4.55 Å². The molecule has 0 saturated carbocycles. The van der Waals surface area contributed by atoms with Crippen LogP contribution in [-0.2, 0) is 19.6 Å². The topological polar surface area (TPSA) is 80.7 Å². The standard InChI is InChI=1S/C8H13F3O5S/c1-7(2,3)6(12)16-4-5(8(9,10)11)17(13,14)15/h5H,4H2,1-3H3,(H,13,14,15). The lowest BCUT2D eigenvalue weighted by atomic mass is 9.97. The van der Waals surface area contributed by atoms with Crippen LogP contribution in [0.15, 0.2) is 0 Å². The Balaban J connectivity index is 4.79. The van der Waals surface area contributed by atoms with Crippen molar-refractivity contribution in [1.82, 2.24) is 0 Å². The molecule has 0 rings (SSSR count). The molecule has 0 saturated heterocycles. The van der Waals surface area contributed by atoms with Gasteiger partial charge in [-0.05, 0) is 20.8 Å². The van der Waals surface area contributed by atoms with Crippen LogP contribution >= 0.6 is 0 Å². The van der Waals surface area contributed by atoms with Crippen molar-refractivity contribution in [3.05, 3.63) is 0 Å². The zero-order valence-electron chi connectivity index (χ0n) is 9.41. The van der Waals surface area contributed by atoms with Gasteiger partial charge in [0, 0.05) is 0 Å².